The van der Waals surface area contributed by atoms with Crippen molar-refractivity contribution in [2.45, 2.75) is 44.8 Å². The SMILES string of the molecule is CN=C(NCc1cccc(NC(=O)N2CCCC2)c1)NC1CCN(Cc2ccccc2)CC1. The van der Waals surface area contributed by atoms with Crippen molar-refractivity contribution in [3.8, 4) is 0 Å². The molecule has 0 spiro atoms. The molecule has 33 heavy (non-hydrogen) atoms. The summed E-state index contributed by atoms with van der Waals surface area (Å²) in [6, 6.07) is 19.1. The zero-order chi connectivity index (χ0) is 22.9. The fraction of sp³-hybridized carbons (Fsp3) is 0.462. The molecule has 0 aromatic heterocycles. The second-order valence-corrected chi connectivity index (χ2v) is 8.93. The van der Waals surface area contributed by atoms with E-state index in [4.69, 9.17) is 0 Å². The number of hydrogen-bond acceptors (Lipinski definition) is 3. The van der Waals surface area contributed by atoms with Crippen LogP contribution in [0.1, 0.15) is 36.8 Å². The molecule has 0 bridgehead atoms. The predicted octanol–water partition coefficient (Wildman–Crippen LogP) is 3.64. The highest BCUT2D eigenvalue weighted by Crippen LogP contribution is 2.15. The van der Waals surface area contributed by atoms with E-state index in [1.807, 2.05) is 30.1 Å². The molecular weight excluding hydrogens is 412 g/mol. The maximum absolute atomic E-state index is 12.4. The van der Waals surface area contributed by atoms with Gasteiger partial charge in [-0.3, -0.25) is 9.89 Å². The van der Waals surface area contributed by atoms with Crippen LogP contribution in [-0.4, -0.2) is 61.1 Å². The summed E-state index contributed by atoms with van der Waals surface area (Å²) < 4.78 is 0. The van der Waals surface area contributed by atoms with Crippen LogP contribution >= 0.6 is 0 Å². The first kappa shape index (κ1) is 23.1. The Morgan fingerprint density at radius 2 is 1.70 bits per heavy atom. The molecular formula is C26H36N6O. The van der Waals surface area contributed by atoms with Gasteiger partial charge in [-0.15, -0.1) is 0 Å². The molecule has 3 N–H and O–H groups in total. The number of hydrogen-bond donors (Lipinski definition) is 3. The molecule has 2 amide bonds. The second kappa shape index (κ2) is 11.7. The molecule has 0 radical (unpaired) electrons. The molecule has 2 aromatic rings. The van der Waals surface area contributed by atoms with Gasteiger partial charge in [0.2, 0.25) is 0 Å². The number of piperidine rings is 1. The number of rotatable bonds is 6. The third kappa shape index (κ3) is 6.96. The summed E-state index contributed by atoms with van der Waals surface area (Å²) in [5, 5.41) is 10.0. The van der Waals surface area contributed by atoms with Crippen LogP contribution in [0.3, 0.4) is 0 Å². The quantitative estimate of drug-likeness (QED) is 0.466. The van der Waals surface area contributed by atoms with Gasteiger partial charge in [0, 0.05) is 58.0 Å². The summed E-state index contributed by atoms with van der Waals surface area (Å²) in [6.45, 7) is 5.54. The molecule has 2 aliphatic rings. The van der Waals surface area contributed by atoms with Crippen LogP contribution in [-0.2, 0) is 13.1 Å². The summed E-state index contributed by atoms with van der Waals surface area (Å²) in [4.78, 5) is 21.2. The first-order valence-electron chi connectivity index (χ1n) is 12.1. The van der Waals surface area contributed by atoms with Crippen molar-refractivity contribution in [2.75, 3.05) is 38.5 Å². The summed E-state index contributed by atoms with van der Waals surface area (Å²) in [5.74, 6) is 0.822. The summed E-state index contributed by atoms with van der Waals surface area (Å²) >= 11 is 0. The number of nitrogens with one attached hydrogen (secondary N) is 3. The molecule has 7 nitrogen and oxygen atoms in total. The van der Waals surface area contributed by atoms with E-state index in [2.05, 4.69) is 62.2 Å². The van der Waals surface area contributed by atoms with E-state index in [0.29, 0.717) is 12.6 Å². The molecule has 2 heterocycles. The van der Waals surface area contributed by atoms with Crippen LogP contribution in [0, 0.1) is 0 Å². The Bertz CT molecular complexity index is 917. The molecule has 0 atom stereocenters. The van der Waals surface area contributed by atoms with Gasteiger partial charge in [-0.1, -0.05) is 42.5 Å². The number of guanidine groups is 1. The van der Waals surface area contributed by atoms with E-state index in [0.717, 1.165) is 75.6 Å². The first-order valence-corrected chi connectivity index (χ1v) is 12.1. The van der Waals surface area contributed by atoms with Crippen molar-refractivity contribution < 1.29 is 4.79 Å². The third-order valence-electron chi connectivity index (χ3n) is 6.43. The van der Waals surface area contributed by atoms with Gasteiger partial charge < -0.3 is 20.9 Å². The number of aliphatic imine (C=N–C) groups is 1. The Labute approximate surface area is 197 Å². The topological polar surface area (TPSA) is 72.0 Å². The molecule has 0 unspecified atom stereocenters. The standard InChI is InChI=1S/C26H36N6O/c1-27-25(29-23-12-16-31(17-13-23)20-21-8-3-2-4-9-21)28-19-22-10-7-11-24(18-22)30-26(33)32-14-5-6-15-32/h2-4,7-11,18,23H,5-6,12-17,19-20H2,1H3,(H,30,33)(H2,27,28,29). The number of urea groups is 1. The van der Waals surface area contributed by atoms with Crippen molar-refractivity contribution in [2.24, 2.45) is 4.99 Å². The fourth-order valence-corrected chi connectivity index (χ4v) is 4.53. The molecule has 0 saturated carbocycles. The highest BCUT2D eigenvalue weighted by molar-refractivity contribution is 5.89. The van der Waals surface area contributed by atoms with Crippen molar-refractivity contribution >= 4 is 17.7 Å². The Hall–Kier alpha value is -3.06. The lowest BCUT2D eigenvalue weighted by Gasteiger charge is -2.33. The lowest BCUT2D eigenvalue weighted by molar-refractivity contribution is 0.198. The van der Waals surface area contributed by atoms with E-state index in [1.54, 1.807) is 0 Å². The maximum Gasteiger partial charge on any atom is 0.321 e. The monoisotopic (exact) mass is 448 g/mol. The van der Waals surface area contributed by atoms with Crippen molar-refractivity contribution in [3.63, 3.8) is 0 Å². The number of amides is 2. The smallest absolute Gasteiger partial charge is 0.321 e. The largest absolute Gasteiger partial charge is 0.354 e. The zero-order valence-electron chi connectivity index (χ0n) is 19.6. The van der Waals surface area contributed by atoms with E-state index in [9.17, 15) is 4.79 Å². The van der Waals surface area contributed by atoms with E-state index in [1.165, 1.54) is 5.56 Å². The molecule has 0 aliphatic carbocycles. The van der Waals surface area contributed by atoms with Gasteiger partial charge in [0.1, 0.15) is 0 Å². The minimum absolute atomic E-state index is 0.00584. The minimum atomic E-state index is -0.00584. The summed E-state index contributed by atoms with van der Waals surface area (Å²) in [5.41, 5.74) is 3.31. The van der Waals surface area contributed by atoms with Gasteiger partial charge in [0.15, 0.2) is 5.96 Å². The zero-order valence-corrected chi connectivity index (χ0v) is 19.6. The predicted molar refractivity (Wildman–Crippen MR) is 134 cm³/mol. The lowest BCUT2D eigenvalue weighted by atomic mass is 10.0. The van der Waals surface area contributed by atoms with Crippen molar-refractivity contribution in [3.05, 3.63) is 65.7 Å². The summed E-state index contributed by atoms with van der Waals surface area (Å²) in [6.07, 6.45) is 4.39. The molecule has 2 fully saturated rings. The fourth-order valence-electron chi connectivity index (χ4n) is 4.53. The van der Waals surface area contributed by atoms with Crippen LogP contribution in [0.4, 0.5) is 10.5 Å². The van der Waals surface area contributed by atoms with Crippen LogP contribution in [0.5, 0.6) is 0 Å². The molecule has 7 heteroatoms. The first-order chi connectivity index (χ1) is 16.2. The van der Waals surface area contributed by atoms with E-state index in [-0.39, 0.29) is 6.03 Å². The second-order valence-electron chi connectivity index (χ2n) is 8.93. The molecule has 2 saturated heterocycles. The Morgan fingerprint density at radius 3 is 2.42 bits per heavy atom. The summed E-state index contributed by atoms with van der Waals surface area (Å²) in [7, 11) is 1.81. The average Bonchev–Trinajstić information content (AvgIpc) is 3.39. The molecule has 176 valence electrons. The Morgan fingerprint density at radius 1 is 0.970 bits per heavy atom. The van der Waals surface area contributed by atoms with Gasteiger partial charge in [-0.05, 0) is 48.9 Å². The Kier molecular flexibility index (Phi) is 8.19. The van der Waals surface area contributed by atoms with Crippen LogP contribution in [0.2, 0.25) is 0 Å². The number of nitrogens with zero attached hydrogens (tertiary/aromatic N) is 3. The van der Waals surface area contributed by atoms with Gasteiger partial charge in [0.25, 0.3) is 0 Å². The van der Waals surface area contributed by atoms with Gasteiger partial charge in [-0.25, -0.2) is 4.79 Å². The Balaban J connectivity index is 1.21. The van der Waals surface area contributed by atoms with Crippen molar-refractivity contribution in [1.82, 2.24) is 20.4 Å². The van der Waals surface area contributed by atoms with E-state index < -0.39 is 0 Å². The number of anilines is 1. The van der Waals surface area contributed by atoms with Crippen LogP contribution < -0.4 is 16.0 Å². The minimum Gasteiger partial charge on any atom is -0.354 e. The third-order valence-corrected chi connectivity index (χ3v) is 6.43. The number of likely N-dealkylation sites (tertiary alicyclic amines) is 2. The molecule has 2 aromatic carbocycles. The van der Waals surface area contributed by atoms with Gasteiger partial charge >= 0.3 is 6.03 Å². The maximum atomic E-state index is 12.4. The van der Waals surface area contributed by atoms with E-state index >= 15 is 0 Å². The van der Waals surface area contributed by atoms with Crippen molar-refractivity contribution in [1.29, 1.82) is 0 Å². The number of benzene rings is 2. The molecule has 4 rings (SSSR count). The number of carbonyl (C=O) groups is 1. The molecule has 2 aliphatic heterocycles. The highest BCUT2D eigenvalue weighted by Gasteiger charge is 2.20. The van der Waals surface area contributed by atoms with Crippen LogP contribution in [0.25, 0.3) is 0 Å². The number of carbonyl (C=O) groups excluding carboxylic acids is 1. The lowest BCUT2D eigenvalue weighted by Crippen LogP contribution is -2.48. The van der Waals surface area contributed by atoms with Gasteiger partial charge in [-0.2, -0.15) is 0 Å². The normalized spacial score (nSPS) is 17.7. The van der Waals surface area contributed by atoms with Gasteiger partial charge in [0.05, 0.1) is 0 Å². The average molecular weight is 449 g/mol. The highest BCUT2D eigenvalue weighted by atomic mass is 16.2. The van der Waals surface area contributed by atoms with Crippen LogP contribution in [0.15, 0.2) is 59.6 Å².